The van der Waals surface area contributed by atoms with Crippen molar-refractivity contribution in [1.29, 1.82) is 0 Å². The minimum absolute atomic E-state index is 0.310. The van der Waals surface area contributed by atoms with Crippen molar-refractivity contribution in [2.24, 2.45) is 0 Å². The Morgan fingerprint density at radius 2 is 1.89 bits per heavy atom. The van der Waals surface area contributed by atoms with Crippen molar-refractivity contribution in [1.82, 2.24) is 9.78 Å². The Kier molecular flexibility index (Phi) is 4.04. The average Bonchev–Trinajstić information content (AvgIpc) is 2.83. The second-order valence-electron chi connectivity index (χ2n) is 5.97. The van der Waals surface area contributed by atoms with Gasteiger partial charge in [0.2, 0.25) is 0 Å². The fourth-order valence-corrected chi connectivity index (χ4v) is 1.97. The summed E-state index contributed by atoms with van der Waals surface area (Å²) in [5.74, 6) is 0. The minimum atomic E-state index is -0.332. The normalized spacial score (nSPS) is 21.0. The molecule has 6 heteroatoms. The SMILES string of the molecule is COCCCn1cc(B2OC(C)(C)C(C)(C)O2)cn1. The lowest BCUT2D eigenvalue weighted by molar-refractivity contribution is 0.00578. The summed E-state index contributed by atoms with van der Waals surface area (Å²) >= 11 is 0. The highest BCUT2D eigenvalue weighted by Crippen LogP contribution is 2.36. The van der Waals surface area contributed by atoms with Crippen LogP contribution in [-0.4, -0.2) is 41.8 Å². The van der Waals surface area contributed by atoms with Gasteiger partial charge in [0.1, 0.15) is 0 Å². The summed E-state index contributed by atoms with van der Waals surface area (Å²) in [7, 11) is 1.37. The Hall–Kier alpha value is -0.845. The van der Waals surface area contributed by atoms with Crippen molar-refractivity contribution in [3.8, 4) is 0 Å². The van der Waals surface area contributed by atoms with Crippen molar-refractivity contribution in [3.05, 3.63) is 12.4 Å². The summed E-state index contributed by atoms with van der Waals surface area (Å²) in [6, 6.07) is 0. The summed E-state index contributed by atoms with van der Waals surface area (Å²) in [6.45, 7) is 9.79. The maximum Gasteiger partial charge on any atom is 0.498 e. The zero-order valence-corrected chi connectivity index (χ0v) is 12.5. The quantitative estimate of drug-likeness (QED) is 0.593. The first kappa shape index (κ1) is 14.6. The van der Waals surface area contributed by atoms with Gasteiger partial charge in [-0.2, -0.15) is 5.10 Å². The molecule has 5 nitrogen and oxygen atoms in total. The smallest absolute Gasteiger partial charge is 0.399 e. The van der Waals surface area contributed by atoms with E-state index in [9.17, 15) is 0 Å². The topological polar surface area (TPSA) is 45.5 Å². The maximum absolute atomic E-state index is 5.99. The van der Waals surface area contributed by atoms with Crippen LogP contribution in [0.1, 0.15) is 34.1 Å². The number of methoxy groups -OCH3 is 1. The molecule has 0 N–H and O–H groups in total. The third-order valence-electron chi connectivity index (χ3n) is 3.91. The molecular weight excluding hydrogens is 243 g/mol. The van der Waals surface area contributed by atoms with E-state index in [0.29, 0.717) is 0 Å². The molecule has 0 bridgehead atoms. The molecule has 0 aromatic carbocycles. The van der Waals surface area contributed by atoms with Gasteiger partial charge in [-0.05, 0) is 34.1 Å². The third kappa shape index (κ3) is 3.01. The van der Waals surface area contributed by atoms with E-state index in [2.05, 4.69) is 32.8 Å². The number of nitrogens with zero attached hydrogens (tertiary/aromatic N) is 2. The van der Waals surface area contributed by atoms with Gasteiger partial charge in [-0.1, -0.05) is 0 Å². The van der Waals surface area contributed by atoms with Crippen LogP contribution >= 0.6 is 0 Å². The van der Waals surface area contributed by atoms with Crippen LogP contribution in [0.15, 0.2) is 12.4 Å². The molecule has 0 saturated carbocycles. The van der Waals surface area contributed by atoms with Crippen LogP contribution in [0.5, 0.6) is 0 Å². The summed E-state index contributed by atoms with van der Waals surface area (Å²) in [5.41, 5.74) is 0.349. The highest BCUT2D eigenvalue weighted by Gasteiger charge is 2.52. The standard InChI is InChI=1S/C13H23BN2O3/c1-12(2)13(3,4)19-14(18-12)11-9-15-16(10-11)7-6-8-17-5/h9-10H,6-8H2,1-5H3. The highest BCUT2D eigenvalue weighted by atomic mass is 16.7. The van der Waals surface area contributed by atoms with Crippen molar-refractivity contribution in [3.63, 3.8) is 0 Å². The first-order valence-electron chi connectivity index (χ1n) is 6.73. The molecule has 1 aromatic heterocycles. The van der Waals surface area contributed by atoms with Gasteiger partial charge in [-0.25, -0.2) is 0 Å². The van der Waals surface area contributed by atoms with Crippen molar-refractivity contribution in [2.45, 2.75) is 51.9 Å². The first-order valence-corrected chi connectivity index (χ1v) is 6.73. The fraction of sp³-hybridized carbons (Fsp3) is 0.769. The van der Waals surface area contributed by atoms with Gasteiger partial charge < -0.3 is 14.0 Å². The molecule has 0 amide bonds. The molecule has 1 aliphatic heterocycles. The van der Waals surface area contributed by atoms with E-state index in [1.807, 2.05) is 17.1 Å². The van der Waals surface area contributed by atoms with Gasteiger partial charge in [-0.15, -0.1) is 0 Å². The monoisotopic (exact) mass is 266 g/mol. The predicted octanol–water partition coefficient (Wildman–Crippen LogP) is 1.22. The van der Waals surface area contributed by atoms with Gasteiger partial charge in [0.15, 0.2) is 0 Å². The molecule has 1 aromatic rings. The van der Waals surface area contributed by atoms with E-state index in [-0.39, 0.29) is 18.3 Å². The lowest BCUT2D eigenvalue weighted by atomic mass is 9.82. The molecule has 0 aliphatic carbocycles. The summed E-state index contributed by atoms with van der Waals surface area (Å²) in [6.07, 6.45) is 4.74. The van der Waals surface area contributed by atoms with E-state index < -0.39 is 0 Å². The van der Waals surface area contributed by atoms with E-state index in [1.54, 1.807) is 7.11 Å². The number of rotatable bonds is 5. The Morgan fingerprint density at radius 1 is 1.26 bits per heavy atom. The van der Waals surface area contributed by atoms with Crippen molar-refractivity contribution < 1.29 is 14.0 Å². The Balaban J connectivity index is 2.00. The van der Waals surface area contributed by atoms with Gasteiger partial charge in [0, 0.05) is 38.1 Å². The minimum Gasteiger partial charge on any atom is -0.399 e. The second kappa shape index (κ2) is 5.27. The highest BCUT2D eigenvalue weighted by molar-refractivity contribution is 6.61. The lowest BCUT2D eigenvalue weighted by Gasteiger charge is -2.32. The second-order valence-corrected chi connectivity index (χ2v) is 5.97. The molecule has 0 atom stereocenters. The number of ether oxygens (including phenoxy) is 1. The molecule has 1 aliphatic rings. The molecule has 0 unspecified atom stereocenters. The molecule has 2 heterocycles. The number of hydrogen-bond acceptors (Lipinski definition) is 4. The lowest BCUT2D eigenvalue weighted by Crippen LogP contribution is -2.41. The predicted molar refractivity (Wildman–Crippen MR) is 74.4 cm³/mol. The molecule has 1 fully saturated rings. The van der Waals surface area contributed by atoms with E-state index >= 15 is 0 Å². The van der Waals surface area contributed by atoms with E-state index in [1.165, 1.54) is 0 Å². The molecule has 2 rings (SSSR count). The van der Waals surface area contributed by atoms with Crippen molar-refractivity contribution in [2.75, 3.05) is 13.7 Å². The van der Waals surface area contributed by atoms with Crippen LogP contribution < -0.4 is 5.46 Å². The molecule has 1 saturated heterocycles. The molecular formula is C13H23BN2O3. The van der Waals surface area contributed by atoms with Crippen LogP contribution in [-0.2, 0) is 20.6 Å². The van der Waals surface area contributed by atoms with Crippen LogP contribution in [0.4, 0.5) is 0 Å². The number of aromatic nitrogens is 2. The van der Waals surface area contributed by atoms with Crippen LogP contribution in [0.25, 0.3) is 0 Å². The Labute approximate surface area is 115 Å². The summed E-state index contributed by atoms with van der Waals surface area (Å²) in [5, 5.41) is 4.33. The summed E-state index contributed by atoms with van der Waals surface area (Å²) < 4.78 is 18.9. The average molecular weight is 266 g/mol. The Bertz CT molecular complexity index is 415. The molecule has 106 valence electrons. The fourth-order valence-electron chi connectivity index (χ4n) is 1.97. The van der Waals surface area contributed by atoms with Crippen LogP contribution in [0.3, 0.4) is 0 Å². The van der Waals surface area contributed by atoms with Crippen LogP contribution in [0, 0.1) is 0 Å². The zero-order chi connectivity index (χ0) is 14.1. The zero-order valence-electron chi connectivity index (χ0n) is 12.5. The molecule has 19 heavy (non-hydrogen) atoms. The van der Waals surface area contributed by atoms with Gasteiger partial charge in [0.05, 0.1) is 11.2 Å². The third-order valence-corrected chi connectivity index (χ3v) is 3.91. The van der Waals surface area contributed by atoms with Gasteiger partial charge in [-0.3, -0.25) is 4.68 Å². The largest absolute Gasteiger partial charge is 0.498 e. The maximum atomic E-state index is 5.99. The van der Waals surface area contributed by atoms with Gasteiger partial charge in [0.25, 0.3) is 0 Å². The molecule has 0 spiro atoms. The van der Waals surface area contributed by atoms with Gasteiger partial charge >= 0.3 is 7.12 Å². The molecule has 0 radical (unpaired) electrons. The first-order chi connectivity index (χ1) is 8.86. The van der Waals surface area contributed by atoms with E-state index in [4.69, 9.17) is 14.0 Å². The van der Waals surface area contributed by atoms with Crippen LogP contribution in [0.2, 0.25) is 0 Å². The Morgan fingerprint density at radius 3 is 2.47 bits per heavy atom. The number of aryl methyl sites for hydroxylation is 1. The summed E-state index contributed by atoms with van der Waals surface area (Å²) in [4.78, 5) is 0. The van der Waals surface area contributed by atoms with Crippen molar-refractivity contribution >= 4 is 12.6 Å². The number of hydrogen-bond donors (Lipinski definition) is 0. The van der Waals surface area contributed by atoms with E-state index in [0.717, 1.165) is 25.0 Å².